The Morgan fingerprint density at radius 3 is 2.60 bits per heavy atom. The molecule has 2 heterocycles. The summed E-state index contributed by atoms with van der Waals surface area (Å²) in [6.07, 6.45) is 5.14. The van der Waals surface area contributed by atoms with Crippen LogP contribution in [0.4, 0.5) is 11.6 Å². The van der Waals surface area contributed by atoms with Gasteiger partial charge in [0, 0.05) is 25.5 Å². The molecule has 20 heavy (non-hydrogen) atoms. The van der Waals surface area contributed by atoms with Gasteiger partial charge in [0.2, 0.25) is 5.75 Å². The highest BCUT2D eigenvalue weighted by atomic mass is 16.5. The van der Waals surface area contributed by atoms with Crippen LogP contribution in [0.15, 0.2) is 24.8 Å². The molecular formula is C14H19N5O. The van der Waals surface area contributed by atoms with Crippen LogP contribution in [0.3, 0.4) is 0 Å². The van der Waals surface area contributed by atoms with Gasteiger partial charge in [0.15, 0.2) is 11.6 Å². The molecule has 0 spiro atoms. The van der Waals surface area contributed by atoms with Crippen LogP contribution in [-0.4, -0.2) is 28.6 Å². The van der Waals surface area contributed by atoms with Crippen molar-refractivity contribution in [3.05, 3.63) is 35.9 Å². The maximum Gasteiger partial charge on any atom is 0.204 e. The fourth-order valence-electron chi connectivity index (χ4n) is 1.87. The Hall–Kier alpha value is -2.37. The molecule has 0 aromatic carbocycles. The van der Waals surface area contributed by atoms with Gasteiger partial charge in [-0.2, -0.15) is 0 Å². The lowest BCUT2D eigenvalue weighted by molar-refractivity contribution is 0.414. The molecule has 0 unspecified atom stereocenters. The molecule has 0 amide bonds. The topological polar surface area (TPSA) is 72.0 Å². The van der Waals surface area contributed by atoms with E-state index in [1.54, 1.807) is 13.3 Å². The highest BCUT2D eigenvalue weighted by Gasteiger charge is 2.11. The molecule has 0 bridgehead atoms. The van der Waals surface area contributed by atoms with E-state index in [0.717, 1.165) is 12.1 Å². The minimum Gasteiger partial charge on any atom is -0.490 e. The molecule has 0 aliphatic carbocycles. The summed E-state index contributed by atoms with van der Waals surface area (Å²) in [6, 6.07) is 1.99. The van der Waals surface area contributed by atoms with Gasteiger partial charge in [0.25, 0.3) is 0 Å². The Bertz CT molecular complexity index is 573. The Labute approximate surface area is 118 Å². The number of rotatable bonds is 6. The van der Waals surface area contributed by atoms with E-state index in [2.05, 4.69) is 25.6 Å². The predicted octanol–water partition coefficient (Wildman–Crippen LogP) is 2.23. The quantitative estimate of drug-likeness (QED) is 0.841. The predicted molar refractivity (Wildman–Crippen MR) is 79.0 cm³/mol. The Kier molecular flexibility index (Phi) is 4.70. The zero-order valence-electron chi connectivity index (χ0n) is 12.0. The Morgan fingerprint density at radius 2 is 1.95 bits per heavy atom. The van der Waals surface area contributed by atoms with Gasteiger partial charge in [-0.25, -0.2) is 9.97 Å². The maximum absolute atomic E-state index is 5.39. The standard InChI is InChI=1S/C14H19N5O/c1-4-16-13-12(20-3)14(19-9-18-13)17-8-11-5-6-15-7-10(11)2/h5-7,9H,4,8H2,1-3H3,(H2,16,17,18,19). The fraction of sp³-hybridized carbons (Fsp3) is 0.357. The zero-order chi connectivity index (χ0) is 14.4. The van der Waals surface area contributed by atoms with Crippen LogP contribution in [0.1, 0.15) is 18.1 Å². The van der Waals surface area contributed by atoms with E-state index in [-0.39, 0.29) is 0 Å². The van der Waals surface area contributed by atoms with Crippen molar-refractivity contribution in [2.75, 3.05) is 24.3 Å². The first-order chi connectivity index (χ1) is 9.76. The summed E-state index contributed by atoms with van der Waals surface area (Å²) in [5.74, 6) is 2.00. The van der Waals surface area contributed by atoms with Crippen LogP contribution in [0.5, 0.6) is 5.75 Å². The number of aromatic nitrogens is 3. The molecule has 0 fully saturated rings. The van der Waals surface area contributed by atoms with Crippen LogP contribution in [0.2, 0.25) is 0 Å². The van der Waals surface area contributed by atoms with Crippen LogP contribution in [-0.2, 0) is 6.54 Å². The first kappa shape index (κ1) is 14.0. The number of methoxy groups -OCH3 is 1. The summed E-state index contributed by atoms with van der Waals surface area (Å²) in [7, 11) is 1.61. The fourth-order valence-corrected chi connectivity index (χ4v) is 1.87. The van der Waals surface area contributed by atoms with Gasteiger partial charge in [0.1, 0.15) is 6.33 Å². The Balaban J connectivity index is 2.17. The molecule has 2 aromatic heterocycles. The van der Waals surface area contributed by atoms with E-state index < -0.39 is 0 Å². The van der Waals surface area contributed by atoms with Crippen LogP contribution in [0, 0.1) is 6.92 Å². The van der Waals surface area contributed by atoms with Gasteiger partial charge in [0.05, 0.1) is 7.11 Å². The molecule has 2 aromatic rings. The minimum absolute atomic E-state index is 0.626. The average molecular weight is 273 g/mol. The number of pyridine rings is 1. The first-order valence-corrected chi connectivity index (χ1v) is 6.52. The van der Waals surface area contributed by atoms with Gasteiger partial charge in [-0.3, -0.25) is 4.98 Å². The molecule has 2 rings (SSSR count). The summed E-state index contributed by atoms with van der Waals surface area (Å²) in [4.78, 5) is 12.5. The van der Waals surface area contributed by atoms with Gasteiger partial charge in [-0.1, -0.05) is 0 Å². The number of anilines is 2. The zero-order valence-corrected chi connectivity index (χ0v) is 12.0. The molecule has 0 aliphatic rings. The smallest absolute Gasteiger partial charge is 0.204 e. The van der Waals surface area contributed by atoms with E-state index in [1.165, 1.54) is 11.9 Å². The lowest BCUT2D eigenvalue weighted by Gasteiger charge is -2.14. The van der Waals surface area contributed by atoms with Gasteiger partial charge >= 0.3 is 0 Å². The van der Waals surface area contributed by atoms with Crippen LogP contribution >= 0.6 is 0 Å². The van der Waals surface area contributed by atoms with E-state index in [9.17, 15) is 0 Å². The number of nitrogens with one attached hydrogen (secondary N) is 2. The molecule has 6 heteroatoms. The largest absolute Gasteiger partial charge is 0.490 e. The number of hydrogen-bond donors (Lipinski definition) is 2. The lowest BCUT2D eigenvalue weighted by Crippen LogP contribution is -2.08. The van der Waals surface area contributed by atoms with Crippen LogP contribution < -0.4 is 15.4 Å². The van der Waals surface area contributed by atoms with E-state index >= 15 is 0 Å². The summed E-state index contributed by atoms with van der Waals surface area (Å²) in [5.41, 5.74) is 2.31. The van der Waals surface area contributed by atoms with E-state index in [0.29, 0.717) is 23.9 Å². The van der Waals surface area contributed by atoms with E-state index in [4.69, 9.17) is 4.74 Å². The summed E-state index contributed by atoms with van der Waals surface area (Å²) in [5, 5.41) is 6.43. The molecule has 6 nitrogen and oxygen atoms in total. The second-order valence-electron chi connectivity index (χ2n) is 4.29. The summed E-state index contributed by atoms with van der Waals surface area (Å²) in [6.45, 7) is 5.48. The second kappa shape index (κ2) is 6.70. The molecule has 0 atom stereocenters. The molecular weight excluding hydrogens is 254 g/mol. The van der Waals surface area contributed by atoms with Crippen molar-refractivity contribution in [3.63, 3.8) is 0 Å². The highest BCUT2D eigenvalue weighted by Crippen LogP contribution is 2.29. The normalized spacial score (nSPS) is 10.2. The summed E-state index contributed by atoms with van der Waals surface area (Å²) < 4.78 is 5.39. The highest BCUT2D eigenvalue weighted by molar-refractivity contribution is 5.63. The summed E-state index contributed by atoms with van der Waals surface area (Å²) >= 11 is 0. The van der Waals surface area contributed by atoms with Crippen molar-refractivity contribution in [1.82, 2.24) is 15.0 Å². The number of aryl methyl sites for hydroxylation is 1. The number of ether oxygens (including phenoxy) is 1. The monoisotopic (exact) mass is 273 g/mol. The van der Waals surface area contributed by atoms with Crippen molar-refractivity contribution in [2.45, 2.75) is 20.4 Å². The third-order valence-corrected chi connectivity index (χ3v) is 2.93. The third-order valence-electron chi connectivity index (χ3n) is 2.93. The Morgan fingerprint density at radius 1 is 1.20 bits per heavy atom. The molecule has 0 aliphatic heterocycles. The molecule has 2 N–H and O–H groups in total. The number of hydrogen-bond acceptors (Lipinski definition) is 6. The molecule has 0 saturated heterocycles. The van der Waals surface area contributed by atoms with Crippen molar-refractivity contribution in [1.29, 1.82) is 0 Å². The van der Waals surface area contributed by atoms with Gasteiger partial charge < -0.3 is 15.4 Å². The SMILES string of the molecule is CCNc1ncnc(NCc2ccncc2C)c1OC. The first-order valence-electron chi connectivity index (χ1n) is 6.52. The third kappa shape index (κ3) is 3.14. The van der Waals surface area contributed by atoms with Crippen molar-refractivity contribution < 1.29 is 4.74 Å². The second-order valence-corrected chi connectivity index (χ2v) is 4.29. The van der Waals surface area contributed by atoms with Crippen LogP contribution in [0.25, 0.3) is 0 Å². The number of nitrogens with zero attached hydrogens (tertiary/aromatic N) is 3. The van der Waals surface area contributed by atoms with Crippen molar-refractivity contribution in [2.24, 2.45) is 0 Å². The van der Waals surface area contributed by atoms with Gasteiger partial charge in [-0.05, 0) is 31.0 Å². The van der Waals surface area contributed by atoms with Crippen molar-refractivity contribution in [3.8, 4) is 5.75 Å². The average Bonchev–Trinajstić information content (AvgIpc) is 2.47. The molecule has 0 saturated carbocycles. The lowest BCUT2D eigenvalue weighted by atomic mass is 10.1. The maximum atomic E-state index is 5.39. The molecule has 106 valence electrons. The minimum atomic E-state index is 0.626. The molecule has 0 radical (unpaired) electrons. The van der Waals surface area contributed by atoms with Gasteiger partial charge in [-0.15, -0.1) is 0 Å². The van der Waals surface area contributed by atoms with Crippen molar-refractivity contribution >= 4 is 11.6 Å². The van der Waals surface area contributed by atoms with E-state index in [1.807, 2.05) is 26.1 Å².